The van der Waals surface area contributed by atoms with Crippen molar-refractivity contribution in [1.29, 1.82) is 0 Å². The van der Waals surface area contributed by atoms with Crippen molar-refractivity contribution >= 4 is 16.9 Å². The lowest BCUT2D eigenvalue weighted by atomic mass is 10.1. The van der Waals surface area contributed by atoms with Crippen molar-refractivity contribution in [1.82, 2.24) is 24.8 Å². The Hall–Kier alpha value is -3.26. The molecule has 1 aliphatic rings. The van der Waals surface area contributed by atoms with Gasteiger partial charge in [-0.15, -0.1) is 0 Å². The zero-order chi connectivity index (χ0) is 23.2. The van der Waals surface area contributed by atoms with Crippen LogP contribution in [0.25, 0.3) is 22.3 Å². The molecule has 1 fully saturated rings. The normalized spacial score (nSPS) is 15.1. The fraction of sp³-hybridized carbons (Fsp3) is 0.333. The molecule has 5 rings (SSSR count). The highest BCUT2D eigenvalue weighted by Crippen LogP contribution is 2.27. The first kappa shape index (κ1) is 22.5. The Kier molecular flexibility index (Phi) is 7.14. The number of H-pyrrole nitrogens is 1. The molecule has 176 valence electrons. The number of hydrogen-bond acceptors (Lipinski definition) is 6. The molecule has 0 bridgehead atoms. The summed E-state index contributed by atoms with van der Waals surface area (Å²) in [7, 11) is 0. The molecule has 0 saturated carbocycles. The minimum atomic E-state index is 0.242. The zero-order valence-electron chi connectivity index (χ0n) is 19.5. The molecular formula is C27H32N6O. The lowest BCUT2D eigenvalue weighted by Crippen LogP contribution is -2.46. The van der Waals surface area contributed by atoms with Crippen molar-refractivity contribution in [2.45, 2.75) is 13.0 Å². The molecule has 7 heteroatoms. The third kappa shape index (κ3) is 5.44. The summed E-state index contributed by atoms with van der Waals surface area (Å²) in [6.45, 7) is 6.94. The molecule has 2 aromatic carbocycles. The van der Waals surface area contributed by atoms with E-state index in [1.807, 2.05) is 6.07 Å². The fourth-order valence-electron chi connectivity index (χ4n) is 4.57. The van der Waals surface area contributed by atoms with E-state index in [9.17, 15) is 0 Å². The zero-order valence-corrected chi connectivity index (χ0v) is 19.5. The number of piperazine rings is 1. The lowest BCUT2D eigenvalue weighted by Gasteiger charge is -2.34. The minimum Gasteiger partial charge on any atom is -0.395 e. The molecule has 4 aromatic rings. The van der Waals surface area contributed by atoms with Crippen molar-refractivity contribution in [2.24, 2.45) is 0 Å². The third-order valence-corrected chi connectivity index (χ3v) is 6.53. The highest BCUT2D eigenvalue weighted by Gasteiger charge is 2.16. The Bertz CT molecular complexity index is 1180. The van der Waals surface area contributed by atoms with Crippen LogP contribution in [0.15, 0.2) is 67.0 Å². The second-order valence-corrected chi connectivity index (χ2v) is 8.87. The SMILES string of the molecule is OCCN1CCN(Cc2ccc(-c3cc4c(NCCc5ccccc5)ncnc4[nH]3)cc2)CC1. The lowest BCUT2D eigenvalue weighted by molar-refractivity contribution is 0.108. The van der Waals surface area contributed by atoms with E-state index in [0.29, 0.717) is 0 Å². The molecule has 34 heavy (non-hydrogen) atoms. The number of aliphatic hydroxyl groups excluding tert-OH is 1. The van der Waals surface area contributed by atoms with Crippen molar-refractivity contribution in [2.75, 3.05) is 51.2 Å². The number of anilines is 1. The van der Waals surface area contributed by atoms with E-state index in [1.54, 1.807) is 6.33 Å². The van der Waals surface area contributed by atoms with Crippen LogP contribution in [0.3, 0.4) is 0 Å². The molecule has 7 nitrogen and oxygen atoms in total. The first-order valence-electron chi connectivity index (χ1n) is 12.0. The molecule has 2 aromatic heterocycles. The summed E-state index contributed by atoms with van der Waals surface area (Å²) in [4.78, 5) is 17.2. The molecule has 0 amide bonds. The van der Waals surface area contributed by atoms with Crippen LogP contribution < -0.4 is 5.32 Å². The van der Waals surface area contributed by atoms with E-state index in [0.717, 1.165) is 80.3 Å². The predicted octanol–water partition coefficient (Wildman–Crippen LogP) is 3.39. The monoisotopic (exact) mass is 456 g/mol. The number of nitrogens with zero attached hydrogens (tertiary/aromatic N) is 4. The number of aromatic amines is 1. The van der Waals surface area contributed by atoms with Gasteiger partial charge < -0.3 is 15.4 Å². The van der Waals surface area contributed by atoms with Crippen LogP contribution >= 0.6 is 0 Å². The molecule has 1 aliphatic heterocycles. The van der Waals surface area contributed by atoms with Gasteiger partial charge in [-0.05, 0) is 29.2 Å². The average Bonchev–Trinajstić information content (AvgIpc) is 3.32. The first-order chi connectivity index (χ1) is 16.8. The third-order valence-electron chi connectivity index (χ3n) is 6.53. The number of aliphatic hydroxyl groups is 1. The Labute approximate surface area is 200 Å². The summed E-state index contributed by atoms with van der Waals surface area (Å²) < 4.78 is 0. The Morgan fingerprint density at radius 3 is 2.41 bits per heavy atom. The standard InChI is InChI=1S/C27H32N6O/c34-17-16-32-12-14-33(15-13-32)19-22-6-8-23(9-7-22)25-18-24-26(29-20-30-27(24)31-25)28-11-10-21-4-2-1-3-5-21/h1-9,18,20,34H,10-17,19H2,(H2,28,29,30,31). The smallest absolute Gasteiger partial charge is 0.143 e. The summed E-state index contributed by atoms with van der Waals surface area (Å²) in [6.07, 6.45) is 2.55. The molecule has 0 radical (unpaired) electrons. The number of hydrogen-bond donors (Lipinski definition) is 3. The molecule has 0 aliphatic carbocycles. The van der Waals surface area contributed by atoms with Crippen LogP contribution in [0.1, 0.15) is 11.1 Å². The maximum atomic E-state index is 9.11. The van der Waals surface area contributed by atoms with E-state index in [2.05, 4.69) is 84.7 Å². The van der Waals surface area contributed by atoms with Gasteiger partial charge in [0, 0.05) is 51.5 Å². The minimum absolute atomic E-state index is 0.242. The number of nitrogens with one attached hydrogen (secondary N) is 2. The van der Waals surface area contributed by atoms with E-state index < -0.39 is 0 Å². The average molecular weight is 457 g/mol. The van der Waals surface area contributed by atoms with Crippen molar-refractivity contribution < 1.29 is 5.11 Å². The highest BCUT2D eigenvalue weighted by atomic mass is 16.3. The van der Waals surface area contributed by atoms with E-state index in [4.69, 9.17) is 5.11 Å². The first-order valence-corrected chi connectivity index (χ1v) is 12.0. The summed E-state index contributed by atoms with van der Waals surface area (Å²) in [6, 6.07) is 21.4. The largest absolute Gasteiger partial charge is 0.395 e. The van der Waals surface area contributed by atoms with E-state index in [1.165, 1.54) is 11.1 Å². The van der Waals surface area contributed by atoms with Crippen LogP contribution in [0.2, 0.25) is 0 Å². The van der Waals surface area contributed by atoms with Gasteiger partial charge in [-0.1, -0.05) is 54.6 Å². The quantitative estimate of drug-likeness (QED) is 0.358. The summed E-state index contributed by atoms with van der Waals surface area (Å²) in [5, 5.41) is 13.6. The summed E-state index contributed by atoms with van der Waals surface area (Å²) in [5.74, 6) is 0.861. The van der Waals surface area contributed by atoms with Crippen LogP contribution in [-0.2, 0) is 13.0 Å². The number of rotatable bonds is 9. The Morgan fingerprint density at radius 1 is 0.882 bits per heavy atom. The Balaban J connectivity index is 1.22. The van der Waals surface area contributed by atoms with Crippen molar-refractivity contribution in [3.8, 4) is 11.3 Å². The second-order valence-electron chi connectivity index (χ2n) is 8.87. The van der Waals surface area contributed by atoms with Crippen molar-refractivity contribution in [3.63, 3.8) is 0 Å². The maximum absolute atomic E-state index is 9.11. The number of fused-ring (bicyclic) bond motifs is 1. The second kappa shape index (κ2) is 10.8. The van der Waals surface area contributed by atoms with E-state index >= 15 is 0 Å². The van der Waals surface area contributed by atoms with Crippen molar-refractivity contribution in [3.05, 3.63) is 78.1 Å². The summed E-state index contributed by atoms with van der Waals surface area (Å²) in [5.41, 5.74) is 5.66. The topological polar surface area (TPSA) is 80.3 Å². The molecule has 0 spiro atoms. The molecular weight excluding hydrogens is 424 g/mol. The van der Waals surface area contributed by atoms with Crippen LogP contribution in [0, 0.1) is 0 Å². The van der Waals surface area contributed by atoms with Gasteiger partial charge in [0.25, 0.3) is 0 Å². The van der Waals surface area contributed by atoms with Gasteiger partial charge in [0.15, 0.2) is 0 Å². The van der Waals surface area contributed by atoms with Crippen LogP contribution in [0.4, 0.5) is 5.82 Å². The van der Waals surface area contributed by atoms with Gasteiger partial charge in [0.2, 0.25) is 0 Å². The molecule has 0 unspecified atom stereocenters. The van der Waals surface area contributed by atoms with Crippen LogP contribution in [-0.4, -0.2) is 75.7 Å². The molecule has 1 saturated heterocycles. The maximum Gasteiger partial charge on any atom is 0.143 e. The van der Waals surface area contributed by atoms with E-state index in [-0.39, 0.29) is 6.61 Å². The van der Waals surface area contributed by atoms with Gasteiger partial charge in [-0.3, -0.25) is 9.80 Å². The summed E-state index contributed by atoms with van der Waals surface area (Å²) >= 11 is 0. The van der Waals surface area contributed by atoms with Gasteiger partial charge in [0.1, 0.15) is 17.8 Å². The predicted molar refractivity (Wildman–Crippen MR) is 137 cm³/mol. The molecule has 0 atom stereocenters. The van der Waals surface area contributed by atoms with Gasteiger partial charge in [0.05, 0.1) is 12.0 Å². The molecule has 3 heterocycles. The molecule has 3 N–H and O–H groups in total. The number of β-amino-alcohol motifs (C(OH)–C–C–N with tert-alkyl or cyclic N) is 1. The number of benzene rings is 2. The van der Waals surface area contributed by atoms with Gasteiger partial charge in [-0.2, -0.15) is 0 Å². The van der Waals surface area contributed by atoms with Gasteiger partial charge in [-0.25, -0.2) is 9.97 Å². The highest BCUT2D eigenvalue weighted by molar-refractivity contribution is 5.91. The Morgan fingerprint density at radius 2 is 1.65 bits per heavy atom. The van der Waals surface area contributed by atoms with Crippen LogP contribution in [0.5, 0.6) is 0 Å². The number of aromatic nitrogens is 3. The fourth-order valence-corrected chi connectivity index (χ4v) is 4.57. The van der Waals surface area contributed by atoms with Gasteiger partial charge >= 0.3 is 0 Å².